The molecule has 98 valence electrons. The minimum Gasteiger partial charge on any atom is -0.481 e. The van der Waals surface area contributed by atoms with E-state index < -0.39 is 5.97 Å². The van der Waals surface area contributed by atoms with Gasteiger partial charge in [-0.2, -0.15) is 0 Å². The average molecular weight is 274 g/mol. The Morgan fingerprint density at radius 1 is 1.67 bits per heavy atom. The molecule has 0 bridgehead atoms. The molecule has 5 nitrogen and oxygen atoms in total. The highest BCUT2D eigenvalue weighted by atomic mass is 35.5. The topological polar surface area (TPSA) is 99.5 Å². The Kier molecular flexibility index (Phi) is 7.30. The lowest BCUT2D eigenvalue weighted by Gasteiger charge is -1.97. The van der Waals surface area contributed by atoms with Gasteiger partial charge in [0, 0.05) is 23.7 Å². The molecule has 1 aromatic carbocycles. The van der Waals surface area contributed by atoms with Crippen LogP contribution in [-0.4, -0.2) is 29.7 Å². The van der Waals surface area contributed by atoms with Crippen LogP contribution in [-0.2, 0) is 4.79 Å². The van der Waals surface area contributed by atoms with Crippen LogP contribution in [0.5, 0.6) is 0 Å². The molecule has 1 rings (SSSR count). The van der Waals surface area contributed by atoms with E-state index in [2.05, 4.69) is 4.99 Å². The Hall–Kier alpha value is -1.95. The van der Waals surface area contributed by atoms with Gasteiger partial charge >= 0.3 is 0 Å². The van der Waals surface area contributed by atoms with Crippen molar-refractivity contribution in [3.05, 3.63) is 34.6 Å². The van der Waals surface area contributed by atoms with Crippen LogP contribution in [0.25, 0.3) is 0 Å². The Morgan fingerprint density at radius 2 is 2.22 bits per heavy atom. The number of nitrogens with two attached hydrogens (primary N) is 1. The lowest BCUT2D eigenvalue weighted by atomic mass is 10.2. The summed E-state index contributed by atoms with van der Waals surface area (Å²) in [5.74, 6) is -1.26. The molecule has 0 radical (unpaired) electrons. The Bertz CT molecular complexity index is 460. The number of carboxylic acids is 1. The fourth-order valence-corrected chi connectivity index (χ4v) is 1.02. The first kappa shape index (κ1) is 16.1. The number of carboxylic acid groups (broad SMARTS) is 1. The molecule has 0 fully saturated rings. The van der Waals surface area contributed by atoms with E-state index in [1.54, 1.807) is 0 Å². The number of benzene rings is 1. The quantitative estimate of drug-likeness (QED) is 0.579. The fourth-order valence-electron chi connectivity index (χ4n) is 0.856. The zero-order valence-electron chi connectivity index (χ0n) is 9.65. The first-order valence-electron chi connectivity index (χ1n) is 4.80. The summed E-state index contributed by atoms with van der Waals surface area (Å²) in [7, 11) is 0. The van der Waals surface area contributed by atoms with Crippen molar-refractivity contribution in [2.75, 3.05) is 6.54 Å². The summed E-state index contributed by atoms with van der Waals surface area (Å²) in [6.45, 7) is 1.17. The number of rotatable bonds is 3. The molecule has 0 saturated heterocycles. The summed E-state index contributed by atoms with van der Waals surface area (Å²) in [5.41, 5.74) is 5.57. The molecule has 0 heterocycles. The third kappa shape index (κ3) is 8.23. The lowest BCUT2D eigenvalue weighted by molar-refractivity contribution is -0.134. The first-order chi connectivity index (χ1) is 8.32. The normalized spacial score (nSPS) is 9.72. The summed E-state index contributed by atoms with van der Waals surface area (Å²) in [4.78, 5) is 12.8. The third-order valence-corrected chi connectivity index (χ3v) is 1.79. The van der Waals surface area contributed by atoms with Gasteiger partial charge in [0.25, 0.3) is 5.97 Å². The second kappa shape index (κ2) is 8.19. The molecule has 4 N–H and O–H groups in total. The molecule has 0 spiro atoms. The van der Waals surface area contributed by atoms with Crippen LogP contribution in [0.4, 0.5) is 4.39 Å². The Morgan fingerprint density at radius 3 is 2.72 bits per heavy atom. The largest absolute Gasteiger partial charge is 0.481 e. The zero-order valence-corrected chi connectivity index (χ0v) is 10.4. The third-order valence-electron chi connectivity index (χ3n) is 1.45. The van der Waals surface area contributed by atoms with Crippen LogP contribution in [0.1, 0.15) is 12.5 Å². The number of aliphatic imine (C=N–C) groups is 1. The van der Waals surface area contributed by atoms with E-state index in [-0.39, 0.29) is 18.2 Å². The van der Waals surface area contributed by atoms with Crippen molar-refractivity contribution in [2.45, 2.75) is 6.92 Å². The predicted molar refractivity (Wildman–Crippen MR) is 69.1 cm³/mol. The molecular weight excluding hydrogens is 261 g/mol. The number of hydrogen-bond donors (Lipinski definition) is 3. The van der Waals surface area contributed by atoms with E-state index >= 15 is 0 Å². The highest BCUT2D eigenvalue weighted by Gasteiger charge is 1.98. The molecule has 0 saturated carbocycles. The van der Waals surface area contributed by atoms with E-state index in [4.69, 9.17) is 32.6 Å². The maximum absolute atomic E-state index is 12.7. The van der Waals surface area contributed by atoms with E-state index in [0.29, 0.717) is 10.6 Å². The van der Waals surface area contributed by atoms with Gasteiger partial charge in [-0.05, 0) is 18.2 Å². The minimum atomic E-state index is -0.833. The Balaban J connectivity index is 0.000000631. The van der Waals surface area contributed by atoms with Crippen LogP contribution in [0.3, 0.4) is 0 Å². The van der Waals surface area contributed by atoms with E-state index in [1.165, 1.54) is 24.4 Å². The van der Waals surface area contributed by atoms with Crippen molar-refractivity contribution in [3.8, 4) is 0 Å². The zero-order chi connectivity index (χ0) is 14.1. The summed E-state index contributed by atoms with van der Waals surface area (Å²) in [6.07, 6.45) is 1.40. The summed E-state index contributed by atoms with van der Waals surface area (Å²) >= 11 is 5.77. The molecule has 7 heteroatoms. The molecule has 1 aromatic rings. The van der Waals surface area contributed by atoms with Gasteiger partial charge in [0.2, 0.25) is 0 Å². The second-order valence-electron chi connectivity index (χ2n) is 3.18. The van der Waals surface area contributed by atoms with Crippen molar-refractivity contribution in [2.24, 2.45) is 10.7 Å². The summed E-state index contributed by atoms with van der Waals surface area (Å²) in [6, 6.07) is 3.99. The highest BCUT2D eigenvalue weighted by Crippen LogP contribution is 2.14. The monoisotopic (exact) mass is 273 g/mol. The van der Waals surface area contributed by atoms with Gasteiger partial charge in [0.15, 0.2) is 0 Å². The molecule has 0 aliphatic rings. The molecule has 0 aliphatic carbocycles. The van der Waals surface area contributed by atoms with Gasteiger partial charge in [0.1, 0.15) is 11.7 Å². The number of nitrogens with zero attached hydrogens (tertiary/aromatic N) is 1. The molecule has 18 heavy (non-hydrogen) atoms. The average Bonchev–Trinajstić information content (AvgIpc) is 2.22. The predicted octanol–water partition coefficient (Wildman–Crippen LogP) is 1.92. The van der Waals surface area contributed by atoms with Crippen LogP contribution in [0.15, 0.2) is 23.2 Å². The smallest absolute Gasteiger partial charge is 0.300 e. The molecule has 0 unspecified atom stereocenters. The fraction of sp³-hybridized carbons (Fsp3) is 0.182. The number of aliphatic carboxylic acids is 1. The van der Waals surface area contributed by atoms with Crippen LogP contribution in [0.2, 0.25) is 5.02 Å². The van der Waals surface area contributed by atoms with Crippen LogP contribution >= 0.6 is 11.6 Å². The standard InChI is InChI=1S/C9H9ClFN3.C2H4O2/c10-8-2-1-7(11)3-6(8)4-14-5-9(12)13;1-2(3)4/h1-4H,5H2,(H3,12,13);1H3,(H,3,4). The van der Waals surface area contributed by atoms with Crippen LogP contribution < -0.4 is 5.73 Å². The molecule has 0 atom stereocenters. The maximum Gasteiger partial charge on any atom is 0.300 e. The number of nitrogens with one attached hydrogen (secondary N) is 1. The van der Waals surface area contributed by atoms with Crippen molar-refractivity contribution < 1.29 is 14.3 Å². The van der Waals surface area contributed by atoms with Gasteiger partial charge < -0.3 is 10.8 Å². The highest BCUT2D eigenvalue weighted by molar-refractivity contribution is 6.33. The SMILES string of the molecule is CC(=O)O.N=C(N)CN=Cc1cc(F)ccc1Cl. The van der Waals surface area contributed by atoms with Crippen molar-refractivity contribution in [1.82, 2.24) is 0 Å². The summed E-state index contributed by atoms with van der Waals surface area (Å²) < 4.78 is 12.7. The van der Waals surface area contributed by atoms with E-state index in [9.17, 15) is 4.39 Å². The first-order valence-corrected chi connectivity index (χ1v) is 5.18. The Labute approximate surface area is 109 Å². The number of hydrogen-bond acceptors (Lipinski definition) is 3. The molecule has 0 aliphatic heterocycles. The summed E-state index contributed by atoms with van der Waals surface area (Å²) in [5, 5.41) is 14.7. The van der Waals surface area contributed by atoms with Gasteiger partial charge in [-0.3, -0.25) is 15.2 Å². The number of halogens is 2. The molecule has 0 aromatic heterocycles. The van der Waals surface area contributed by atoms with Gasteiger partial charge in [-0.1, -0.05) is 11.6 Å². The van der Waals surface area contributed by atoms with E-state index in [0.717, 1.165) is 6.92 Å². The second-order valence-corrected chi connectivity index (χ2v) is 3.59. The van der Waals surface area contributed by atoms with Crippen molar-refractivity contribution in [1.29, 1.82) is 5.41 Å². The minimum absolute atomic E-state index is 0.0474. The van der Waals surface area contributed by atoms with Crippen molar-refractivity contribution >= 4 is 29.6 Å². The molecule has 0 amide bonds. The number of amidine groups is 1. The van der Waals surface area contributed by atoms with Gasteiger partial charge in [-0.25, -0.2) is 4.39 Å². The van der Waals surface area contributed by atoms with Gasteiger partial charge in [0.05, 0.1) is 6.54 Å². The maximum atomic E-state index is 12.7. The lowest BCUT2D eigenvalue weighted by Crippen LogP contribution is -2.13. The van der Waals surface area contributed by atoms with Gasteiger partial charge in [-0.15, -0.1) is 0 Å². The molecular formula is C11H13ClFN3O2. The van der Waals surface area contributed by atoms with Crippen LogP contribution in [0, 0.1) is 11.2 Å². The van der Waals surface area contributed by atoms with E-state index in [1.807, 2.05) is 0 Å². The van der Waals surface area contributed by atoms with Crippen molar-refractivity contribution in [3.63, 3.8) is 0 Å². The number of carbonyl (C=O) groups is 1.